The largest absolute Gasteiger partial charge is 0.508 e. The van der Waals surface area contributed by atoms with E-state index in [9.17, 15) is 18.3 Å². The third-order valence-electron chi connectivity index (χ3n) is 4.36. The fraction of sp³-hybridized carbons (Fsp3) is 0.200. The zero-order chi connectivity index (χ0) is 21.2. The Morgan fingerprint density at radius 1 is 1.10 bits per heavy atom. The number of phenols is 1. The first-order chi connectivity index (χ1) is 13.7. The van der Waals surface area contributed by atoms with Crippen molar-refractivity contribution in [1.29, 1.82) is 0 Å². The lowest BCUT2D eigenvalue weighted by molar-refractivity contribution is 0.0935. The predicted octanol–water partition coefficient (Wildman–Crippen LogP) is 3.26. The van der Waals surface area contributed by atoms with E-state index in [1.54, 1.807) is 41.8 Å². The molecule has 2 N–H and O–H groups in total. The third kappa shape index (κ3) is 4.64. The summed E-state index contributed by atoms with van der Waals surface area (Å²) < 4.78 is 25.5. The van der Waals surface area contributed by atoms with Crippen LogP contribution in [0.5, 0.6) is 5.75 Å². The number of aromatic hydroxyl groups is 1. The van der Waals surface area contributed by atoms with Crippen molar-refractivity contribution in [2.75, 3.05) is 14.1 Å². The van der Waals surface area contributed by atoms with Gasteiger partial charge >= 0.3 is 0 Å². The van der Waals surface area contributed by atoms with Crippen molar-refractivity contribution in [3.05, 3.63) is 65.2 Å². The minimum atomic E-state index is -3.49. The summed E-state index contributed by atoms with van der Waals surface area (Å²) in [5.74, 6) is -0.148. The van der Waals surface area contributed by atoms with Gasteiger partial charge in [-0.15, -0.1) is 11.3 Å². The highest BCUT2D eigenvalue weighted by molar-refractivity contribution is 7.89. The van der Waals surface area contributed by atoms with Gasteiger partial charge in [-0.3, -0.25) is 4.79 Å². The third-order valence-corrected chi connectivity index (χ3v) is 7.08. The number of amides is 1. The Morgan fingerprint density at radius 3 is 2.31 bits per heavy atom. The Hall–Kier alpha value is -2.75. The quantitative estimate of drug-likeness (QED) is 0.624. The smallest absolute Gasteiger partial charge is 0.271 e. The highest BCUT2D eigenvalue weighted by atomic mass is 32.2. The Morgan fingerprint density at radius 2 is 1.72 bits per heavy atom. The number of thiazole rings is 1. The highest BCUT2D eigenvalue weighted by Gasteiger charge is 2.19. The molecule has 9 heteroatoms. The van der Waals surface area contributed by atoms with Crippen LogP contribution in [0.1, 0.15) is 29.0 Å². The van der Waals surface area contributed by atoms with Gasteiger partial charge in [-0.25, -0.2) is 17.7 Å². The van der Waals surface area contributed by atoms with Gasteiger partial charge in [-0.05, 0) is 48.9 Å². The SMILES string of the molecule is CC(NC(=O)c1csc(-c2ccc(O)cc2)n1)c1ccc(S(=O)(=O)N(C)C)cc1. The van der Waals surface area contributed by atoms with Crippen molar-refractivity contribution in [3.8, 4) is 16.3 Å². The standard InChI is InChI=1S/C20H21N3O4S2/c1-13(14-6-10-17(11-7-14)29(26,27)23(2)3)21-19(25)18-12-28-20(22-18)15-4-8-16(24)9-5-15/h4-13,24H,1-3H3,(H,21,25). The molecule has 7 nitrogen and oxygen atoms in total. The van der Waals surface area contributed by atoms with Gasteiger partial charge in [0, 0.05) is 25.0 Å². The first kappa shape index (κ1) is 21.0. The number of benzene rings is 2. The van der Waals surface area contributed by atoms with E-state index < -0.39 is 10.0 Å². The average molecular weight is 432 g/mol. The molecule has 0 saturated carbocycles. The number of nitrogens with zero attached hydrogens (tertiary/aromatic N) is 2. The van der Waals surface area contributed by atoms with Crippen LogP contribution in [0.4, 0.5) is 0 Å². The number of hydrogen-bond acceptors (Lipinski definition) is 6. The molecule has 1 unspecified atom stereocenters. The molecule has 2 aromatic carbocycles. The summed E-state index contributed by atoms with van der Waals surface area (Å²) in [7, 11) is -0.533. The number of rotatable bonds is 6. The summed E-state index contributed by atoms with van der Waals surface area (Å²) in [4.78, 5) is 17.1. The maximum atomic E-state index is 12.5. The van der Waals surface area contributed by atoms with E-state index in [2.05, 4.69) is 10.3 Å². The van der Waals surface area contributed by atoms with Crippen LogP contribution < -0.4 is 5.32 Å². The van der Waals surface area contributed by atoms with Gasteiger partial charge in [0.25, 0.3) is 5.91 Å². The van der Waals surface area contributed by atoms with E-state index >= 15 is 0 Å². The molecule has 0 bridgehead atoms. The summed E-state index contributed by atoms with van der Waals surface area (Å²) >= 11 is 1.34. The molecule has 3 rings (SSSR count). The van der Waals surface area contributed by atoms with Gasteiger partial charge in [-0.2, -0.15) is 0 Å². The lowest BCUT2D eigenvalue weighted by atomic mass is 10.1. The average Bonchev–Trinajstić information content (AvgIpc) is 3.19. The number of phenolic OH excluding ortho intramolecular Hbond substituents is 1. The first-order valence-corrected chi connectivity index (χ1v) is 11.1. The van der Waals surface area contributed by atoms with E-state index in [-0.39, 0.29) is 22.6 Å². The molecule has 1 atom stereocenters. The number of aromatic nitrogens is 1. The Bertz CT molecular complexity index is 1110. The first-order valence-electron chi connectivity index (χ1n) is 8.77. The second kappa shape index (κ2) is 8.32. The van der Waals surface area contributed by atoms with E-state index in [0.29, 0.717) is 10.7 Å². The van der Waals surface area contributed by atoms with Crippen LogP contribution in [-0.2, 0) is 10.0 Å². The summed E-state index contributed by atoms with van der Waals surface area (Å²) in [5, 5.41) is 14.6. The van der Waals surface area contributed by atoms with E-state index in [0.717, 1.165) is 15.4 Å². The number of sulfonamides is 1. The maximum Gasteiger partial charge on any atom is 0.271 e. The van der Waals surface area contributed by atoms with Gasteiger partial charge in [0.15, 0.2) is 0 Å². The molecule has 1 amide bonds. The summed E-state index contributed by atoms with van der Waals surface area (Å²) in [6, 6.07) is 12.7. The van der Waals surface area contributed by atoms with E-state index in [4.69, 9.17) is 0 Å². The van der Waals surface area contributed by atoms with E-state index in [1.807, 2.05) is 6.92 Å². The number of carbonyl (C=O) groups is 1. The summed E-state index contributed by atoms with van der Waals surface area (Å²) in [6.45, 7) is 1.82. The molecular weight excluding hydrogens is 410 g/mol. The van der Waals surface area contributed by atoms with Gasteiger partial charge in [0.2, 0.25) is 10.0 Å². The minimum Gasteiger partial charge on any atom is -0.508 e. The van der Waals surface area contributed by atoms with Crippen LogP contribution in [-0.4, -0.2) is 42.8 Å². The molecule has 29 heavy (non-hydrogen) atoms. The lowest BCUT2D eigenvalue weighted by Gasteiger charge is -2.15. The van der Waals surface area contributed by atoms with Crippen LogP contribution in [0.3, 0.4) is 0 Å². The molecule has 3 aromatic rings. The van der Waals surface area contributed by atoms with Crippen molar-refractivity contribution in [2.24, 2.45) is 0 Å². The van der Waals surface area contributed by atoms with Crippen LogP contribution in [0.2, 0.25) is 0 Å². The zero-order valence-electron chi connectivity index (χ0n) is 16.2. The van der Waals surface area contributed by atoms with Gasteiger partial charge in [-0.1, -0.05) is 12.1 Å². The van der Waals surface area contributed by atoms with Gasteiger partial charge < -0.3 is 10.4 Å². The number of nitrogens with one attached hydrogen (secondary N) is 1. The molecule has 0 spiro atoms. The monoisotopic (exact) mass is 431 g/mol. The van der Waals surface area contributed by atoms with Crippen molar-refractivity contribution >= 4 is 27.3 Å². The molecule has 0 aliphatic rings. The second-order valence-corrected chi connectivity index (χ2v) is 9.65. The Labute approximate surface area is 173 Å². The molecule has 0 aliphatic carbocycles. The molecule has 0 radical (unpaired) electrons. The lowest BCUT2D eigenvalue weighted by Crippen LogP contribution is -2.27. The molecule has 0 saturated heterocycles. The van der Waals surface area contributed by atoms with Crippen molar-refractivity contribution in [3.63, 3.8) is 0 Å². The molecule has 0 aliphatic heterocycles. The second-order valence-electron chi connectivity index (χ2n) is 6.64. The number of carbonyl (C=O) groups excluding carboxylic acids is 1. The van der Waals surface area contributed by atoms with Crippen molar-refractivity contribution in [2.45, 2.75) is 17.9 Å². The van der Waals surface area contributed by atoms with Gasteiger partial charge in [0.05, 0.1) is 10.9 Å². The zero-order valence-corrected chi connectivity index (χ0v) is 17.8. The van der Waals surface area contributed by atoms with Crippen LogP contribution in [0.25, 0.3) is 10.6 Å². The van der Waals surface area contributed by atoms with Gasteiger partial charge in [0.1, 0.15) is 16.5 Å². The minimum absolute atomic E-state index is 0.168. The fourth-order valence-corrected chi connectivity index (χ4v) is 4.32. The van der Waals surface area contributed by atoms with Crippen LogP contribution in [0.15, 0.2) is 58.8 Å². The van der Waals surface area contributed by atoms with Crippen LogP contribution in [0, 0.1) is 0 Å². The Kier molecular flexibility index (Phi) is 6.02. The van der Waals surface area contributed by atoms with Crippen LogP contribution >= 0.6 is 11.3 Å². The fourth-order valence-electron chi connectivity index (χ4n) is 2.61. The normalized spacial score (nSPS) is 12.7. The summed E-state index contributed by atoms with van der Waals surface area (Å²) in [6.07, 6.45) is 0. The Balaban J connectivity index is 1.70. The molecule has 0 fully saturated rings. The maximum absolute atomic E-state index is 12.5. The molecule has 1 heterocycles. The molecule has 152 valence electrons. The number of hydrogen-bond donors (Lipinski definition) is 2. The topological polar surface area (TPSA) is 99.6 Å². The highest BCUT2D eigenvalue weighted by Crippen LogP contribution is 2.26. The molecular formula is C20H21N3O4S2. The molecule has 1 aromatic heterocycles. The van der Waals surface area contributed by atoms with Crippen molar-refractivity contribution in [1.82, 2.24) is 14.6 Å². The van der Waals surface area contributed by atoms with Crippen molar-refractivity contribution < 1.29 is 18.3 Å². The van der Waals surface area contributed by atoms with E-state index in [1.165, 1.54) is 37.6 Å². The predicted molar refractivity (Wildman–Crippen MR) is 112 cm³/mol. The summed E-state index contributed by atoms with van der Waals surface area (Å²) in [5.41, 5.74) is 1.90.